The average molecular weight is 477 g/mol. The van der Waals surface area contributed by atoms with Crippen LogP contribution in [-0.4, -0.2) is 35.2 Å². The van der Waals surface area contributed by atoms with Crippen LogP contribution in [0.1, 0.15) is 51.9 Å². The van der Waals surface area contributed by atoms with E-state index in [-0.39, 0.29) is 17.6 Å². The first-order valence-electron chi connectivity index (χ1n) is 13.1. The Balaban J connectivity index is 1.48. The van der Waals surface area contributed by atoms with Gasteiger partial charge in [-0.1, -0.05) is 37.5 Å². The number of esters is 1. The Morgan fingerprint density at radius 1 is 1.06 bits per heavy atom. The number of hydrogen-bond acceptors (Lipinski definition) is 5. The van der Waals surface area contributed by atoms with E-state index in [9.17, 15) is 9.59 Å². The van der Waals surface area contributed by atoms with Crippen molar-refractivity contribution in [1.29, 1.82) is 0 Å². The third-order valence-electron chi connectivity index (χ3n) is 7.57. The molecule has 0 bridgehead atoms. The van der Waals surface area contributed by atoms with Crippen molar-refractivity contribution in [3.63, 3.8) is 0 Å². The number of ether oxygens (including phenoxy) is 1. The lowest BCUT2D eigenvalue weighted by Crippen LogP contribution is -2.37. The summed E-state index contributed by atoms with van der Waals surface area (Å²) in [5.41, 5.74) is 4.81. The number of benzene rings is 2. The first kappa shape index (κ1) is 23.5. The van der Waals surface area contributed by atoms with Crippen LogP contribution in [0.3, 0.4) is 0 Å². The molecule has 2 fully saturated rings. The molecule has 186 valence electrons. The minimum absolute atomic E-state index is 0.0330. The Morgan fingerprint density at radius 2 is 1.80 bits per heavy atom. The Morgan fingerprint density at radius 3 is 2.51 bits per heavy atom. The molecule has 0 amide bonds. The van der Waals surface area contributed by atoms with Gasteiger partial charge in [-0.25, -0.2) is 4.79 Å². The number of piperidine rings is 1. The van der Waals surface area contributed by atoms with Crippen LogP contribution in [0.5, 0.6) is 0 Å². The summed E-state index contributed by atoms with van der Waals surface area (Å²) in [7, 11) is 0. The Hall–Kier alpha value is -3.22. The predicted octanol–water partition coefficient (Wildman–Crippen LogP) is 5.43. The molecule has 35 heavy (non-hydrogen) atoms. The van der Waals surface area contributed by atoms with Crippen LogP contribution in [0.25, 0.3) is 11.0 Å². The topological polar surface area (TPSA) is 79.4 Å². The summed E-state index contributed by atoms with van der Waals surface area (Å²) in [4.78, 5) is 30.7. The third-order valence-corrected chi connectivity index (χ3v) is 7.57. The van der Waals surface area contributed by atoms with Crippen molar-refractivity contribution >= 4 is 34.1 Å². The molecule has 0 radical (unpaired) electrons. The number of para-hydroxylation sites is 1. The molecule has 2 aromatic carbocycles. The van der Waals surface area contributed by atoms with E-state index >= 15 is 0 Å². The fraction of sp³-hybridized carbons (Fsp3) is 0.500. The average Bonchev–Trinajstić information content (AvgIpc) is 3.18. The Kier molecular flexibility index (Phi) is 7.11. The number of imidazole rings is 1. The second-order valence-corrected chi connectivity index (χ2v) is 9.94. The van der Waals surface area contributed by atoms with E-state index in [1.165, 1.54) is 32.1 Å². The molecule has 7 nitrogen and oxygen atoms in total. The highest BCUT2D eigenvalue weighted by Crippen LogP contribution is 2.36. The van der Waals surface area contributed by atoms with Crippen molar-refractivity contribution in [3.05, 3.63) is 52.9 Å². The van der Waals surface area contributed by atoms with Gasteiger partial charge in [0.1, 0.15) is 0 Å². The van der Waals surface area contributed by atoms with Crippen LogP contribution >= 0.6 is 0 Å². The Bertz CT molecular complexity index is 1200. The smallest absolute Gasteiger partial charge is 0.326 e. The molecule has 1 saturated heterocycles. The summed E-state index contributed by atoms with van der Waals surface area (Å²) in [5, 5.41) is 3.56. The number of carbonyl (C=O) groups excluding carboxylic acids is 1. The molecule has 1 saturated carbocycles. The van der Waals surface area contributed by atoms with E-state index in [2.05, 4.69) is 27.3 Å². The van der Waals surface area contributed by atoms with Gasteiger partial charge < -0.3 is 19.9 Å². The maximum Gasteiger partial charge on any atom is 0.326 e. The molecule has 2 aliphatic rings. The zero-order chi connectivity index (χ0) is 24.2. The summed E-state index contributed by atoms with van der Waals surface area (Å²) in [5.74, 6) is 0.431. The molecular formula is C28H36N4O3. The van der Waals surface area contributed by atoms with Gasteiger partial charge in [-0.15, -0.1) is 0 Å². The van der Waals surface area contributed by atoms with Crippen molar-refractivity contribution in [2.24, 2.45) is 11.8 Å². The summed E-state index contributed by atoms with van der Waals surface area (Å²) in [6.45, 7) is 4.60. The van der Waals surface area contributed by atoms with Crippen LogP contribution in [0.4, 0.5) is 17.1 Å². The van der Waals surface area contributed by atoms with Gasteiger partial charge in [0.15, 0.2) is 0 Å². The van der Waals surface area contributed by atoms with Crippen LogP contribution in [0.15, 0.2) is 47.3 Å². The molecule has 2 N–H and O–H groups in total. The first-order chi connectivity index (χ1) is 17.1. The lowest BCUT2D eigenvalue weighted by molar-refractivity contribution is -0.148. The molecule has 0 unspecified atom stereocenters. The van der Waals surface area contributed by atoms with Crippen LogP contribution < -0.4 is 15.9 Å². The van der Waals surface area contributed by atoms with Crippen molar-refractivity contribution < 1.29 is 9.53 Å². The number of H-pyrrole nitrogens is 1. The number of anilines is 3. The molecule has 1 aliphatic heterocycles. The van der Waals surface area contributed by atoms with Crippen molar-refractivity contribution in [2.45, 2.75) is 58.4 Å². The summed E-state index contributed by atoms with van der Waals surface area (Å²) in [6, 6.07) is 14.3. The summed E-state index contributed by atoms with van der Waals surface area (Å²) >= 11 is 0. The normalized spacial score (nSPS) is 17.6. The van der Waals surface area contributed by atoms with Gasteiger partial charge >= 0.3 is 11.7 Å². The highest BCUT2D eigenvalue weighted by atomic mass is 16.5. The third kappa shape index (κ3) is 5.24. The number of aromatic nitrogens is 2. The molecule has 1 aliphatic carbocycles. The first-order valence-corrected chi connectivity index (χ1v) is 13.1. The van der Waals surface area contributed by atoms with E-state index in [0.717, 1.165) is 60.6 Å². The van der Waals surface area contributed by atoms with Crippen LogP contribution in [0, 0.1) is 11.8 Å². The van der Waals surface area contributed by atoms with Gasteiger partial charge in [0.05, 0.1) is 34.9 Å². The summed E-state index contributed by atoms with van der Waals surface area (Å²) in [6.07, 6.45) is 7.75. The SMILES string of the molecule is CCOC(=O)C1CCN(c2cc3c(cc2Nc2ccccc2)[nH]c(=O)n3CC2CCCCC2)CC1. The zero-order valence-electron chi connectivity index (χ0n) is 20.6. The minimum Gasteiger partial charge on any atom is -0.466 e. The van der Waals surface area contributed by atoms with E-state index in [0.29, 0.717) is 12.5 Å². The molecule has 7 heteroatoms. The fourth-order valence-electron chi connectivity index (χ4n) is 5.66. The standard InChI is InChI=1S/C28H36N4O3/c1-2-35-27(33)21-13-15-31(16-14-21)25-18-26-24(17-23(25)29-22-11-7-4-8-12-22)30-28(34)32(26)19-20-9-5-3-6-10-20/h4,7-8,11-12,17-18,20-21,29H,2-3,5-6,9-10,13-16,19H2,1H3,(H,30,34). The van der Waals surface area contributed by atoms with Gasteiger partial charge in [-0.05, 0) is 62.8 Å². The lowest BCUT2D eigenvalue weighted by Gasteiger charge is -2.34. The second kappa shape index (κ2) is 10.6. The monoisotopic (exact) mass is 476 g/mol. The maximum atomic E-state index is 13.0. The minimum atomic E-state index is -0.0859. The number of nitrogens with zero attached hydrogens (tertiary/aromatic N) is 2. The second-order valence-electron chi connectivity index (χ2n) is 9.94. The lowest BCUT2D eigenvalue weighted by atomic mass is 9.89. The van der Waals surface area contributed by atoms with Gasteiger partial charge in [0, 0.05) is 25.3 Å². The molecule has 0 atom stereocenters. The maximum absolute atomic E-state index is 13.0. The number of fused-ring (bicyclic) bond motifs is 1. The van der Waals surface area contributed by atoms with E-state index in [1.807, 2.05) is 41.8 Å². The van der Waals surface area contributed by atoms with Gasteiger partial charge in [0.25, 0.3) is 0 Å². The van der Waals surface area contributed by atoms with Crippen molar-refractivity contribution in [1.82, 2.24) is 9.55 Å². The fourth-order valence-corrected chi connectivity index (χ4v) is 5.66. The van der Waals surface area contributed by atoms with Crippen LogP contribution in [-0.2, 0) is 16.1 Å². The molecule has 0 spiro atoms. The van der Waals surface area contributed by atoms with Crippen molar-refractivity contribution in [2.75, 3.05) is 29.9 Å². The zero-order valence-corrected chi connectivity index (χ0v) is 20.6. The number of rotatable bonds is 7. The van der Waals surface area contributed by atoms with E-state index in [1.54, 1.807) is 0 Å². The highest BCUT2D eigenvalue weighted by Gasteiger charge is 2.28. The van der Waals surface area contributed by atoms with E-state index in [4.69, 9.17) is 4.74 Å². The quantitative estimate of drug-likeness (QED) is 0.444. The molecular weight excluding hydrogens is 440 g/mol. The molecule has 5 rings (SSSR count). The van der Waals surface area contributed by atoms with E-state index < -0.39 is 0 Å². The Labute approximate surface area is 206 Å². The molecule has 2 heterocycles. The molecule has 3 aromatic rings. The van der Waals surface area contributed by atoms with Crippen molar-refractivity contribution in [3.8, 4) is 0 Å². The van der Waals surface area contributed by atoms with Gasteiger partial charge in [0.2, 0.25) is 0 Å². The highest BCUT2D eigenvalue weighted by molar-refractivity contribution is 5.90. The number of carbonyl (C=O) groups is 1. The largest absolute Gasteiger partial charge is 0.466 e. The number of hydrogen-bond donors (Lipinski definition) is 2. The summed E-state index contributed by atoms with van der Waals surface area (Å²) < 4.78 is 7.20. The molecule has 1 aromatic heterocycles. The van der Waals surface area contributed by atoms with Crippen LogP contribution in [0.2, 0.25) is 0 Å². The van der Waals surface area contributed by atoms with Gasteiger partial charge in [-0.2, -0.15) is 0 Å². The number of aromatic amines is 1. The predicted molar refractivity (Wildman–Crippen MR) is 140 cm³/mol. The number of nitrogens with one attached hydrogen (secondary N) is 2. The van der Waals surface area contributed by atoms with Gasteiger partial charge in [-0.3, -0.25) is 9.36 Å².